The standard InChI is InChI=1S/C9H9N3/c10-12-9-6-11-5-7-3-1-2-4-8(7)9/h1-6,12H,10H2. The van der Waals surface area contributed by atoms with E-state index < -0.39 is 0 Å². The van der Waals surface area contributed by atoms with Crippen molar-refractivity contribution < 1.29 is 0 Å². The van der Waals surface area contributed by atoms with Gasteiger partial charge < -0.3 is 5.43 Å². The summed E-state index contributed by atoms with van der Waals surface area (Å²) in [5.41, 5.74) is 3.46. The number of aromatic nitrogens is 1. The van der Waals surface area contributed by atoms with Gasteiger partial charge in [-0.25, -0.2) is 0 Å². The van der Waals surface area contributed by atoms with E-state index in [-0.39, 0.29) is 0 Å². The molecule has 3 heteroatoms. The Labute approximate surface area is 70.2 Å². The summed E-state index contributed by atoms with van der Waals surface area (Å²) >= 11 is 0. The van der Waals surface area contributed by atoms with Crippen molar-refractivity contribution in [1.82, 2.24) is 4.98 Å². The van der Waals surface area contributed by atoms with Gasteiger partial charge in [-0.1, -0.05) is 24.3 Å². The highest BCUT2D eigenvalue weighted by atomic mass is 15.2. The molecule has 3 nitrogen and oxygen atoms in total. The molecule has 0 unspecified atom stereocenters. The first-order valence-corrected chi connectivity index (χ1v) is 3.71. The van der Waals surface area contributed by atoms with E-state index in [2.05, 4.69) is 10.4 Å². The van der Waals surface area contributed by atoms with Crippen molar-refractivity contribution >= 4 is 16.5 Å². The minimum atomic E-state index is 0.855. The van der Waals surface area contributed by atoms with Gasteiger partial charge in [0.05, 0.1) is 11.9 Å². The Bertz CT molecular complexity index is 392. The third kappa shape index (κ3) is 1.00. The summed E-state index contributed by atoms with van der Waals surface area (Å²) < 4.78 is 0. The van der Waals surface area contributed by atoms with E-state index in [4.69, 9.17) is 5.84 Å². The van der Waals surface area contributed by atoms with E-state index in [0.29, 0.717) is 0 Å². The van der Waals surface area contributed by atoms with Crippen LogP contribution in [0.25, 0.3) is 10.8 Å². The normalized spacial score (nSPS) is 10.1. The van der Waals surface area contributed by atoms with Crippen LogP contribution in [0.4, 0.5) is 5.69 Å². The van der Waals surface area contributed by atoms with E-state index in [9.17, 15) is 0 Å². The molecule has 0 saturated heterocycles. The Balaban J connectivity index is 2.79. The lowest BCUT2D eigenvalue weighted by molar-refractivity contribution is 1.30. The van der Waals surface area contributed by atoms with Crippen LogP contribution < -0.4 is 11.3 Å². The van der Waals surface area contributed by atoms with Gasteiger partial charge in [-0.3, -0.25) is 10.8 Å². The third-order valence-electron chi connectivity index (χ3n) is 1.82. The molecule has 0 atom stereocenters. The number of pyridine rings is 1. The van der Waals surface area contributed by atoms with Gasteiger partial charge in [0.2, 0.25) is 0 Å². The molecular weight excluding hydrogens is 150 g/mol. The maximum absolute atomic E-state index is 5.33. The van der Waals surface area contributed by atoms with Crippen LogP contribution in [0.5, 0.6) is 0 Å². The molecule has 0 spiro atoms. The number of hydrogen-bond donors (Lipinski definition) is 2. The Morgan fingerprint density at radius 2 is 2.00 bits per heavy atom. The Morgan fingerprint density at radius 1 is 1.17 bits per heavy atom. The van der Waals surface area contributed by atoms with Crippen molar-refractivity contribution in [2.24, 2.45) is 5.84 Å². The lowest BCUT2D eigenvalue weighted by Gasteiger charge is -2.02. The van der Waals surface area contributed by atoms with Crippen molar-refractivity contribution in [2.45, 2.75) is 0 Å². The van der Waals surface area contributed by atoms with Crippen molar-refractivity contribution in [2.75, 3.05) is 5.43 Å². The predicted octanol–water partition coefficient (Wildman–Crippen LogP) is 1.52. The first-order chi connectivity index (χ1) is 5.92. The highest BCUT2D eigenvalue weighted by Crippen LogP contribution is 2.19. The molecule has 0 aliphatic heterocycles. The van der Waals surface area contributed by atoms with E-state index in [1.165, 1.54) is 0 Å². The quantitative estimate of drug-likeness (QED) is 0.490. The molecule has 3 N–H and O–H groups in total. The highest BCUT2D eigenvalue weighted by Gasteiger charge is 1.96. The zero-order chi connectivity index (χ0) is 8.39. The van der Waals surface area contributed by atoms with Crippen molar-refractivity contribution in [3.05, 3.63) is 36.7 Å². The molecule has 60 valence electrons. The maximum atomic E-state index is 5.33. The summed E-state index contributed by atoms with van der Waals surface area (Å²) in [6.45, 7) is 0. The number of nitrogens with two attached hydrogens (primary N) is 1. The number of nitrogens with one attached hydrogen (secondary N) is 1. The number of benzene rings is 1. The number of nitrogens with zero attached hydrogens (tertiary/aromatic N) is 1. The predicted molar refractivity (Wildman–Crippen MR) is 49.6 cm³/mol. The van der Waals surface area contributed by atoms with Crippen LogP contribution in [0.15, 0.2) is 36.7 Å². The lowest BCUT2D eigenvalue weighted by atomic mass is 10.1. The third-order valence-corrected chi connectivity index (χ3v) is 1.82. The van der Waals surface area contributed by atoms with Crippen LogP contribution in [0.1, 0.15) is 0 Å². The molecule has 0 aliphatic rings. The monoisotopic (exact) mass is 159 g/mol. The average Bonchev–Trinajstić information content (AvgIpc) is 2.17. The summed E-state index contributed by atoms with van der Waals surface area (Å²) in [7, 11) is 0. The van der Waals surface area contributed by atoms with Crippen LogP contribution in [-0.2, 0) is 0 Å². The number of nitrogen functional groups attached to an aromatic ring is 1. The van der Waals surface area contributed by atoms with E-state index >= 15 is 0 Å². The number of fused-ring (bicyclic) bond motifs is 1. The summed E-state index contributed by atoms with van der Waals surface area (Å²) in [5.74, 6) is 5.33. The van der Waals surface area contributed by atoms with Gasteiger partial charge >= 0.3 is 0 Å². The second kappa shape index (κ2) is 2.79. The topological polar surface area (TPSA) is 50.9 Å². The lowest BCUT2D eigenvalue weighted by Crippen LogP contribution is -2.07. The number of anilines is 1. The van der Waals surface area contributed by atoms with Crippen LogP contribution in [0, 0.1) is 0 Å². The molecule has 0 saturated carbocycles. The molecule has 0 bridgehead atoms. The number of hydrazine groups is 1. The van der Waals surface area contributed by atoms with Crippen molar-refractivity contribution in [3.63, 3.8) is 0 Å². The van der Waals surface area contributed by atoms with Gasteiger partial charge in [-0.05, 0) is 0 Å². The average molecular weight is 159 g/mol. The zero-order valence-electron chi connectivity index (χ0n) is 6.49. The fraction of sp³-hybridized carbons (Fsp3) is 0. The van der Waals surface area contributed by atoms with Crippen molar-refractivity contribution in [3.8, 4) is 0 Å². The van der Waals surface area contributed by atoms with E-state index in [1.807, 2.05) is 30.5 Å². The van der Waals surface area contributed by atoms with Crippen LogP contribution in [0.3, 0.4) is 0 Å². The van der Waals surface area contributed by atoms with Crippen LogP contribution >= 0.6 is 0 Å². The van der Waals surface area contributed by atoms with Crippen molar-refractivity contribution in [1.29, 1.82) is 0 Å². The molecular formula is C9H9N3. The van der Waals surface area contributed by atoms with E-state index in [1.54, 1.807) is 6.20 Å². The number of hydrogen-bond acceptors (Lipinski definition) is 3. The second-order valence-corrected chi connectivity index (χ2v) is 2.55. The minimum Gasteiger partial charge on any atom is -0.322 e. The molecule has 1 aromatic heterocycles. The molecule has 0 aliphatic carbocycles. The second-order valence-electron chi connectivity index (χ2n) is 2.55. The summed E-state index contributed by atoms with van der Waals surface area (Å²) in [5, 5.41) is 2.18. The highest BCUT2D eigenvalue weighted by molar-refractivity contribution is 5.92. The fourth-order valence-electron chi connectivity index (χ4n) is 1.23. The molecule has 1 heterocycles. The summed E-state index contributed by atoms with van der Waals surface area (Å²) in [4.78, 5) is 4.04. The minimum absolute atomic E-state index is 0.855. The SMILES string of the molecule is NNc1cncc2ccccc12. The first-order valence-electron chi connectivity index (χ1n) is 3.71. The number of rotatable bonds is 1. The van der Waals surface area contributed by atoms with Gasteiger partial charge in [0.25, 0.3) is 0 Å². The zero-order valence-corrected chi connectivity index (χ0v) is 6.49. The molecule has 0 amide bonds. The van der Waals surface area contributed by atoms with Gasteiger partial charge in [0.15, 0.2) is 0 Å². The first kappa shape index (κ1) is 7.06. The smallest absolute Gasteiger partial charge is 0.0748 e. The maximum Gasteiger partial charge on any atom is 0.0748 e. The fourth-order valence-corrected chi connectivity index (χ4v) is 1.23. The Morgan fingerprint density at radius 3 is 2.83 bits per heavy atom. The molecule has 2 rings (SSSR count). The molecule has 0 radical (unpaired) electrons. The van der Waals surface area contributed by atoms with Crippen LogP contribution in [-0.4, -0.2) is 4.98 Å². The molecule has 2 aromatic rings. The molecule has 0 fully saturated rings. The Hall–Kier alpha value is -1.61. The van der Waals surface area contributed by atoms with Gasteiger partial charge in [-0.15, -0.1) is 0 Å². The van der Waals surface area contributed by atoms with E-state index in [0.717, 1.165) is 16.5 Å². The van der Waals surface area contributed by atoms with Gasteiger partial charge in [-0.2, -0.15) is 0 Å². The summed E-state index contributed by atoms with van der Waals surface area (Å²) in [6, 6.07) is 7.96. The summed E-state index contributed by atoms with van der Waals surface area (Å²) in [6.07, 6.45) is 3.53. The molecule has 1 aromatic carbocycles. The van der Waals surface area contributed by atoms with Crippen LogP contribution in [0.2, 0.25) is 0 Å². The van der Waals surface area contributed by atoms with Gasteiger partial charge in [0.1, 0.15) is 0 Å². The Kier molecular flexibility index (Phi) is 1.64. The molecule has 12 heavy (non-hydrogen) atoms. The van der Waals surface area contributed by atoms with Gasteiger partial charge in [0, 0.05) is 17.0 Å². The largest absolute Gasteiger partial charge is 0.322 e.